The Morgan fingerprint density at radius 1 is 1.56 bits per heavy atom. The molecule has 1 aromatic carbocycles. The summed E-state index contributed by atoms with van der Waals surface area (Å²) in [6.45, 7) is 2.06. The van der Waals surface area contributed by atoms with Crippen LogP contribution in [0.25, 0.3) is 0 Å². The lowest BCUT2D eigenvalue weighted by Crippen LogP contribution is -2.37. The normalized spacial score (nSPS) is 12.2. The van der Waals surface area contributed by atoms with Crippen LogP contribution in [-0.4, -0.2) is 35.7 Å². The molecule has 1 unspecified atom stereocenters. The standard InChI is InChI=1S/C13H18BrNO2S/c1-9-3-4-11(12(14)7-9)13(17)15-10(5-6-16)8-18-2/h3-4,7,10,16H,5-6,8H2,1-2H3,(H,15,17). The number of halogens is 1. The molecule has 0 saturated heterocycles. The molecule has 18 heavy (non-hydrogen) atoms. The number of thioether (sulfide) groups is 1. The summed E-state index contributed by atoms with van der Waals surface area (Å²) in [5.74, 6) is 0.699. The molecule has 0 aliphatic carbocycles. The van der Waals surface area contributed by atoms with Crippen LogP contribution in [0.1, 0.15) is 22.3 Å². The molecule has 0 aliphatic heterocycles. The number of hydrogen-bond acceptors (Lipinski definition) is 3. The predicted octanol–water partition coefficient (Wildman–Crippen LogP) is 2.60. The minimum absolute atomic E-state index is 0.00528. The molecule has 0 fully saturated rings. The number of aliphatic hydroxyl groups is 1. The number of carbonyl (C=O) groups excluding carboxylic acids is 1. The first kappa shape index (κ1) is 15.5. The van der Waals surface area contributed by atoms with Gasteiger partial charge in [0.2, 0.25) is 0 Å². The van der Waals surface area contributed by atoms with Crippen LogP contribution in [0.15, 0.2) is 22.7 Å². The fourth-order valence-electron chi connectivity index (χ4n) is 1.62. The maximum atomic E-state index is 12.1. The van der Waals surface area contributed by atoms with Gasteiger partial charge in [-0.15, -0.1) is 0 Å². The van der Waals surface area contributed by atoms with Crippen molar-refractivity contribution in [2.24, 2.45) is 0 Å². The Bertz CT molecular complexity index is 406. The van der Waals surface area contributed by atoms with Gasteiger partial charge in [0, 0.05) is 22.9 Å². The van der Waals surface area contributed by atoms with Crippen molar-refractivity contribution in [3.05, 3.63) is 33.8 Å². The van der Waals surface area contributed by atoms with Crippen molar-refractivity contribution in [2.45, 2.75) is 19.4 Å². The van der Waals surface area contributed by atoms with Crippen molar-refractivity contribution >= 4 is 33.6 Å². The quantitative estimate of drug-likeness (QED) is 0.842. The third-order valence-corrected chi connectivity index (χ3v) is 3.94. The number of carbonyl (C=O) groups is 1. The zero-order chi connectivity index (χ0) is 13.5. The SMILES string of the molecule is CSCC(CCO)NC(=O)c1ccc(C)cc1Br. The van der Waals surface area contributed by atoms with E-state index in [-0.39, 0.29) is 18.6 Å². The van der Waals surface area contributed by atoms with E-state index in [2.05, 4.69) is 21.2 Å². The second kappa shape index (κ2) is 7.81. The summed E-state index contributed by atoms with van der Waals surface area (Å²) >= 11 is 5.06. The Kier molecular flexibility index (Phi) is 6.75. The minimum atomic E-state index is -0.102. The molecule has 0 saturated carbocycles. The maximum absolute atomic E-state index is 12.1. The zero-order valence-electron chi connectivity index (χ0n) is 10.6. The average Bonchev–Trinajstić information content (AvgIpc) is 2.29. The number of aliphatic hydroxyl groups excluding tert-OH is 1. The van der Waals surface area contributed by atoms with Crippen LogP contribution in [0.5, 0.6) is 0 Å². The van der Waals surface area contributed by atoms with Gasteiger partial charge < -0.3 is 10.4 Å². The Labute approximate surface area is 120 Å². The van der Waals surface area contributed by atoms with E-state index in [1.807, 2.05) is 31.4 Å². The molecule has 1 atom stereocenters. The highest BCUT2D eigenvalue weighted by molar-refractivity contribution is 9.10. The Balaban J connectivity index is 2.73. The minimum Gasteiger partial charge on any atom is -0.396 e. The number of amides is 1. The largest absolute Gasteiger partial charge is 0.396 e. The predicted molar refractivity (Wildman–Crippen MR) is 80.2 cm³/mol. The van der Waals surface area contributed by atoms with Gasteiger partial charge in [-0.25, -0.2) is 0 Å². The fourth-order valence-corrected chi connectivity index (χ4v) is 2.95. The van der Waals surface area contributed by atoms with Crippen LogP contribution in [0, 0.1) is 6.92 Å². The molecule has 0 spiro atoms. The summed E-state index contributed by atoms with van der Waals surface area (Å²) in [5.41, 5.74) is 1.74. The molecular weight excluding hydrogens is 314 g/mol. The molecule has 2 N–H and O–H groups in total. The van der Waals surface area contributed by atoms with E-state index < -0.39 is 0 Å². The third-order valence-electron chi connectivity index (χ3n) is 2.55. The molecule has 0 heterocycles. The lowest BCUT2D eigenvalue weighted by Gasteiger charge is -2.17. The topological polar surface area (TPSA) is 49.3 Å². The summed E-state index contributed by atoms with van der Waals surface area (Å²) in [5, 5.41) is 11.9. The maximum Gasteiger partial charge on any atom is 0.252 e. The van der Waals surface area contributed by atoms with Crippen molar-refractivity contribution in [1.82, 2.24) is 5.32 Å². The van der Waals surface area contributed by atoms with Crippen molar-refractivity contribution in [3.63, 3.8) is 0 Å². The first-order chi connectivity index (χ1) is 8.58. The van der Waals surface area contributed by atoms with Crippen LogP contribution in [0.4, 0.5) is 0 Å². The van der Waals surface area contributed by atoms with Gasteiger partial charge in [-0.1, -0.05) is 6.07 Å². The van der Waals surface area contributed by atoms with Crippen LogP contribution >= 0.6 is 27.7 Å². The lowest BCUT2D eigenvalue weighted by atomic mass is 10.1. The number of hydrogen-bond donors (Lipinski definition) is 2. The van der Waals surface area contributed by atoms with E-state index in [1.165, 1.54) is 0 Å². The van der Waals surface area contributed by atoms with E-state index in [1.54, 1.807) is 11.8 Å². The van der Waals surface area contributed by atoms with E-state index in [0.29, 0.717) is 12.0 Å². The van der Waals surface area contributed by atoms with Gasteiger partial charge in [-0.3, -0.25) is 4.79 Å². The van der Waals surface area contributed by atoms with E-state index in [4.69, 9.17) is 5.11 Å². The number of aryl methyl sites for hydroxylation is 1. The van der Waals surface area contributed by atoms with Gasteiger partial charge in [0.15, 0.2) is 0 Å². The van der Waals surface area contributed by atoms with Gasteiger partial charge in [0.1, 0.15) is 0 Å². The number of nitrogens with one attached hydrogen (secondary N) is 1. The highest BCUT2D eigenvalue weighted by Gasteiger charge is 2.15. The molecule has 1 aromatic rings. The van der Waals surface area contributed by atoms with Crippen molar-refractivity contribution in [2.75, 3.05) is 18.6 Å². The summed E-state index contributed by atoms with van der Waals surface area (Å²) in [4.78, 5) is 12.1. The zero-order valence-corrected chi connectivity index (χ0v) is 13.0. The van der Waals surface area contributed by atoms with Crippen LogP contribution in [0.2, 0.25) is 0 Å². The van der Waals surface area contributed by atoms with Crippen molar-refractivity contribution in [3.8, 4) is 0 Å². The van der Waals surface area contributed by atoms with Gasteiger partial charge in [0.05, 0.1) is 5.56 Å². The molecular formula is C13H18BrNO2S. The number of rotatable bonds is 6. The second-order valence-electron chi connectivity index (χ2n) is 4.12. The first-order valence-electron chi connectivity index (χ1n) is 5.75. The molecule has 1 rings (SSSR count). The average molecular weight is 332 g/mol. The summed E-state index contributed by atoms with van der Waals surface area (Å²) in [6, 6.07) is 5.65. The molecule has 0 bridgehead atoms. The molecule has 0 aromatic heterocycles. The third kappa shape index (κ3) is 4.63. The Morgan fingerprint density at radius 3 is 2.83 bits per heavy atom. The fraction of sp³-hybridized carbons (Fsp3) is 0.462. The van der Waals surface area contributed by atoms with E-state index >= 15 is 0 Å². The molecule has 3 nitrogen and oxygen atoms in total. The molecule has 0 radical (unpaired) electrons. The summed E-state index contributed by atoms with van der Waals surface area (Å²) < 4.78 is 0.798. The molecule has 100 valence electrons. The number of benzene rings is 1. The first-order valence-corrected chi connectivity index (χ1v) is 7.94. The Morgan fingerprint density at radius 2 is 2.28 bits per heavy atom. The van der Waals surface area contributed by atoms with Crippen LogP contribution < -0.4 is 5.32 Å². The second-order valence-corrected chi connectivity index (χ2v) is 5.89. The van der Waals surface area contributed by atoms with Crippen LogP contribution in [0.3, 0.4) is 0 Å². The van der Waals surface area contributed by atoms with Crippen molar-refractivity contribution < 1.29 is 9.90 Å². The van der Waals surface area contributed by atoms with E-state index in [9.17, 15) is 4.79 Å². The van der Waals surface area contributed by atoms with Crippen molar-refractivity contribution in [1.29, 1.82) is 0 Å². The Hall–Kier alpha value is -0.520. The lowest BCUT2D eigenvalue weighted by molar-refractivity contribution is 0.0934. The molecule has 5 heteroatoms. The van der Waals surface area contributed by atoms with Gasteiger partial charge in [-0.2, -0.15) is 11.8 Å². The van der Waals surface area contributed by atoms with E-state index in [0.717, 1.165) is 15.8 Å². The highest BCUT2D eigenvalue weighted by atomic mass is 79.9. The molecule has 0 aliphatic rings. The summed E-state index contributed by atoms with van der Waals surface area (Å²) in [6.07, 6.45) is 2.56. The monoisotopic (exact) mass is 331 g/mol. The van der Waals surface area contributed by atoms with Crippen LogP contribution in [-0.2, 0) is 0 Å². The smallest absolute Gasteiger partial charge is 0.252 e. The highest BCUT2D eigenvalue weighted by Crippen LogP contribution is 2.18. The summed E-state index contributed by atoms with van der Waals surface area (Å²) in [7, 11) is 0. The molecule has 1 amide bonds. The van der Waals surface area contributed by atoms with Gasteiger partial charge in [-0.05, 0) is 53.2 Å². The van der Waals surface area contributed by atoms with Gasteiger partial charge in [0.25, 0.3) is 5.91 Å². The van der Waals surface area contributed by atoms with Gasteiger partial charge >= 0.3 is 0 Å².